The molecule has 0 aliphatic heterocycles. The van der Waals surface area contributed by atoms with Gasteiger partial charge in [-0.05, 0) is 30.3 Å². The van der Waals surface area contributed by atoms with Crippen molar-refractivity contribution in [3.05, 3.63) is 64.8 Å². The van der Waals surface area contributed by atoms with Crippen molar-refractivity contribution >= 4 is 46.3 Å². The normalized spacial score (nSPS) is 10.3. The van der Waals surface area contributed by atoms with Crippen molar-refractivity contribution in [3.8, 4) is 5.75 Å². The Balaban J connectivity index is 1.81. The van der Waals surface area contributed by atoms with Gasteiger partial charge in [0.25, 0.3) is 0 Å². The second kappa shape index (κ2) is 7.38. The Kier molecular flexibility index (Phi) is 5.03. The fraction of sp³-hybridized carbons (Fsp3) is 0.0588. The summed E-state index contributed by atoms with van der Waals surface area (Å²) in [6.45, 7) is 0. The van der Waals surface area contributed by atoms with Gasteiger partial charge in [-0.2, -0.15) is 4.98 Å². The predicted octanol–water partition coefficient (Wildman–Crippen LogP) is 5.28. The molecule has 0 saturated heterocycles. The number of nitrogens with one attached hydrogen (secondary N) is 2. The van der Waals surface area contributed by atoms with Gasteiger partial charge in [0, 0.05) is 18.0 Å². The number of nitrogens with zero attached hydrogens (tertiary/aromatic N) is 2. The van der Waals surface area contributed by atoms with Crippen LogP contribution in [-0.2, 0) is 0 Å². The number of benzene rings is 2. The molecular formula is C17H14Cl2N4O. The molecule has 0 saturated carbocycles. The molecule has 0 bridgehead atoms. The number of hydrogen-bond acceptors (Lipinski definition) is 5. The van der Waals surface area contributed by atoms with Gasteiger partial charge in [0.2, 0.25) is 5.95 Å². The van der Waals surface area contributed by atoms with Crippen LogP contribution < -0.4 is 15.4 Å². The van der Waals surface area contributed by atoms with Gasteiger partial charge in [-0.15, -0.1) is 0 Å². The molecule has 7 heteroatoms. The molecule has 0 unspecified atom stereocenters. The lowest BCUT2D eigenvalue weighted by molar-refractivity contribution is 0.415. The van der Waals surface area contributed by atoms with Crippen LogP contribution in [0.3, 0.4) is 0 Å². The maximum atomic E-state index is 6.15. The minimum Gasteiger partial charge on any atom is -0.497 e. The van der Waals surface area contributed by atoms with Crippen LogP contribution in [0.1, 0.15) is 0 Å². The number of aromatic nitrogens is 2. The van der Waals surface area contributed by atoms with Crippen molar-refractivity contribution in [2.24, 2.45) is 0 Å². The van der Waals surface area contributed by atoms with Crippen molar-refractivity contribution in [2.45, 2.75) is 0 Å². The van der Waals surface area contributed by atoms with Gasteiger partial charge in [0.05, 0.1) is 22.8 Å². The van der Waals surface area contributed by atoms with Crippen LogP contribution in [0, 0.1) is 0 Å². The number of anilines is 4. The van der Waals surface area contributed by atoms with Crippen LogP contribution in [0.25, 0.3) is 0 Å². The molecule has 0 radical (unpaired) electrons. The Morgan fingerprint density at radius 2 is 1.71 bits per heavy atom. The maximum absolute atomic E-state index is 6.15. The average molecular weight is 361 g/mol. The van der Waals surface area contributed by atoms with Gasteiger partial charge in [-0.25, -0.2) is 4.98 Å². The van der Waals surface area contributed by atoms with E-state index in [1.807, 2.05) is 24.3 Å². The highest BCUT2D eigenvalue weighted by Crippen LogP contribution is 2.31. The Morgan fingerprint density at radius 3 is 2.46 bits per heavy atom. The summed E-state index contributed by atoms with van der Waals surface area (Å²) in [6, 6.07) is 14.6. The standard InChI is InChI=1S/C17H14Cl2N4O/c1-24-12-5-2-4-11(10-12)21-15-8-9-20-17(22-15)23-16-13(18)6-3-7-14(16)19/h2-10H,1H3,(H2,20,21,22,23). The summed E-state index contributed by atoms with van der Waals surface area (Å²) in [5, 5.41) is 7.23. The SMILES string of the molecule is COc1cccc(Nc2ccnc(Nc3c(Cl)cccc3Cl)n2)c1. The van der Waals surface area contributed by atoms with Crippen LogP contribution in [0.5, 0.6) is 5.75 Å². The summed E-state index contributed by atoms with van der Waals surface area (Å²) in [6.07, 6.45) is 1.64. The van der Waals surface area contributed by atoms with E-state index >= 15 is 0 Å². The monoisotopic (exact) mass is 360 g/mol. The highest BCUT2D eigenvalue weighted by Gasteiger charge is 2.08. The molecule has 0 aliphatic rings. The highest BCUT2D eigenvalue weighted by atomic mass is 35.5. The van der Waals surface area contributed by atoms with E-state index in [9.17, 15) is 0 Å². The van der Waals surface area contributed by atoms with Crippen molar-refractivity contribution < 1.29 is 4.74 Å². The summed E-state index contributed by atoms with van der Waals surface area (Å²) >= 11 is 12.3. The Labute approximate surface area is 149 Å². The molecule has 0 aliphatic carbocycles. The third-order valence-electron chi connectivity index (χ3n) is 3.20. The maximum Gasteiger partial charge on any atom is 0.229 e. The number of rotatable bonds is 5. The van der Waals surface area contributed by atoms with E-state index < -0.39 is 0 Å². The van der Waals surface area contributed by atoms with Crippen LogP contribution >= 0.6 is 23.2 Å². The molecule has 2 aromatic carbocycles. The van der Waals surface area contributed by atoms with Crippen LogP contribution in [0.15, 0.2) is 54.7 Å². The Bertz CT molecular complexity index is 837. The van der Waals surface area contributed by atoms with E-state index in [4.69, 9.17) is 27.9 Å². The molecule has 1 aromatic heterocycles. The van der Waals surface area contributed by atoms with E-state index in [1.54, 1.807) is 37.6 Å². The molecule has 122 valence electrons. The Morgan fingerprint density at radius 1 is 0.958 bits per heavy atom. The lowest BCUT2D eigenvalue weighted by Gasteiger charge is -2.11. The second-order valence-electron chi connectivity index (χ2n) is 4.84. The van der Waals surface area contributed by atoms with E-state index in [0.717, 1.165) is 11.4 Å². The molecule has 0 atom stereocenters. The molecule has 0 amide bonds. The molecule has 1 heterocycles. The van der Waals surface area contributed by atoms with Crippen LogP contribution in [-0.4, -0.2) is 17.1 Å². The fourth-order valence-corrected chi connectivity index (χ4v) is 2.56. The van der Waals surface area contributed by atoms with Gasteiger partial charge in [-0.3, -0.25) is 0 Å². The topological polar surface area (TPSA) is 59.1 Å². The Hall–Kier alpha value is -2.50. The fourth-order valence-electron chi connectivity index (χ4n) is 2.07. The summed E-state index contributed by atoms with van der Waals surface area (Å²) in [4.78, 5) is 8.60. The number of para-hydroxylation sites is 1. The molecular weight excluding hydrogens is 347 g/mol. The molecule has 3 aromatic rings. The van der Waals surface area contributed by atoms with Gasteiger partial charge in [-0.1, -0.05) is 35.3 Å². The quantitative estimate of drug-likeness (QED) is 0.648. The van der Waals surface area contributed by atoms with Crippen molar-refractivity contribution in [2.75, 3.05) is 17.7 Å². The first-order valence-electron chi connectivity index (χ1n) is 7.11. The first-order valence-corrected chi connectivity index (χ1v) is 7.86. The number of hydrogen-bond donors (Lipinski definition) is 2. The van der Waals surface area contributed by atoms with Gasteiger partial charge < -0.3 is 15.4 Å². The predicted molar refractivity (Wildman–Crippen MR) is 98.1 cm³/mol. The van der Waals surface area contributed by atoms with E-state index in [1.165, 1.54) is 0 Å². The van der Waals surface area contributed by atoms with E-state index in [0.29, 0.717) is 27.5 Å². The second-order valence-corrected chi connectivity index (χ2v) is 5.66. The number of methoxy groups -OCH3 is 1. The molecule has 3 rings (SSSR count). The third-order valence-corrected chi connectivity index (χ3v) is 3.83. The third kappa shape index (κ3) is 3.88. The van der Waals surface area contributed by atoms with Gasteiger partial charge in [0.15, 0.2) is 0 Å². The zero-order valence-electron chi connectivity index (χ0n) is 12.8. The summed E-state index contributed by atoms with van der Waals surface area (Å²) in [5.74, 6) is 1.78. The lowest BCUT2D eigenvalue weighted by Crippen LogP contribution is -2.01. The lowest BCUT2D eigenvalue weighted by atomic mass is 10.3. The minimum absolute atomic E-state index is 0.387. The van der Waals surface area contributed by atoms with Crippen molar-refractivity contribution in [1.82, 2.24) is 9.97 Å². The summed E-state index contributed by atoms with van der Waals surface area (Å²) in [5.41, 5.74) is 1.43. The first kappa shape index (κ1) is 16.4. The van der Waals surface area contributed by atoms with Gasteiger partial charge in [0.1, 0.15) is 11.6 Å². The smallest absolute Gasteiger partial charge is 0.229 e. The van der Waals surface area contributed by atoms with Crippen LogP contribution in [0.2, 0.25) is 10.0 Å². The van der Waals surface area contributed by atoms with Crippen molar-refractivity contribution in [3.63, 3.8) is 0 Å². The first-order chi connectivity index (χ1) is 11.7. The molecule has 0 spiro atoms. The summed E-state index contributed by atoms with van der Waals surface area (Å²) < 4.78 is 5.21. The zero-order valence-corrected chi connectivity index (χ0v) is 14.3. The number of ether oxygens (including phenoxy) is 1. The highest BCUT2D eigenvalue weighted by molar-refractivity contribution is 6.39. The summed E-state index contributed by atoms with van der Waals surface area (Å²) in [7, 11) is 1.62. The van der Waals surface area contributed by atoms with Gasteiger partial charge >= 0.3 is 0 Å². The number of halogens is 2. The van der Waals surface area contributed by atoms with Crippen molar-refractivity contribution in [1.29, 1.82) is 0 Å². The molecule has 5 nitrogen and oxygen atoms in total. The van der Waals surface area contributed by atoms with E-state index in [-0.39, 0.29) is 0 Å². The minimum atomic E-state index is 0.387. The molecule has 0 fully saturated rings. The molecule has 2 N–H and O–H groups in total. The van der Waals surface area contributed by atoms with E-state index in [2.05, 4.69) is 20.6 Å². The zero-order chi connectivity index (χ0) is 16.9. The average Bonchev–Trinajstić information content (AvgIpc) is 2.59. The van der Waals surface area contributed by atoms with Crippen LogP contribution in [0.4, 0.5) is 23.1 Å². The molecule has 24 heavy (non-hydrogen) atoms. The largest absolute Gasteiger partial charge is 0.497 e.